The van der Waals surface area contributed by atoms with Crippen molar-refractivity contribution in [1.29, 1.82) is 0 Å². The van der Waals surface area contributed by atoms with E-state index in [0.29, 0.717) is 0 Å². The largest absolute Gasteiger partial charge is 0.480 e. The maximum atomic E-state index is 13.1. The highest BCUT2D eigenvalue weighted by molar-refractivity contribution is 5.94. The zero-order valence-electron chi connectivity index (χ0n) is 19.5. The van der Waals surface area contributed by atoms with Crippen LogP contribution in [0.15, 0.2) is 30.5 Å². The molecule has 3 amide bonds. The molecule has 0 radical (unpaired) electrons. The van der Waals surface area contributed by atoms with Crippen LogP contribution < -0.4 is 21.7 Å². The molecule has 1 heterocycles. The number of aromatic amines is 1. The lowest BCUT2D eigenvalue weighted by atomic mass is 10.0. The SMILES string of the molecule is CC(C)CC(NC(=O)C(N)CO)C(=O)NC(Cc1c[nH]c2ccccc12)C(=O)NC(C)C(=O)O. The number of nitrogens with two attached hydrogens (primary N) is 1. The Morgan fingerprint density at radius 2 is 1.59 bits per heavy atom. The van der Waals surface area contributed by atoms with Crippen molar-refractivity contribution in [3.05, 3.63) is 36.0 Å². The fourth-order valence-corrected chi connectivity index (χ4v) is 3.44. The zero-order valence-corrected chi connectivity index (χ0v) is 19.5. The van der Waals surface area contributed by atoms with E-state index in [-0.39, 0.29) is 18.8 Å². The lowest BCUT2D eigenvalue weighted by Gasteiger charge is -2.25. The van der Waals surface area contributed by atoms with E-state index < -0.39 is 54.5 Å². The third-order valence-corrected chi connectivity index (χ3v) is 5.33. The van der Waals surface area contributed by atoms with Crippen LogP contribution in [0.4, 0.5) is 0 Å². The van der Waals surface area contributed by atoms with Crippen LogP contribution in [0.5, 0.6) is 0 Å². The molecular formula is C23H33N5O6. The third-order valence-electron chi connectivity index (χ3n) is 5.33. The van der Waals surface area contributed by atoms with Crippen LogP contribution >= 0.6 is 0 Å². The number of rotatable bonds is 12. The van der Waals surface area contributed by atoms with Crippen molar-refractivity contribution in [1.82, 2.24) is 20.9 Å². The first kappa shape index (κ1) is 26.8. The number of H-pyrrole nitrogens is 1. The Balaban J connectivity index is 2.28. The van der Waals surface area contributed by atoms with Gasteiger partial charge in [0.1, 0.15) is 24.2 Å². The first-order valence-electron chi connectivity index (χ1n) is 11.1. The van der Waals surface area contributed by atoms with Crippen molar-refractivity contribution in [2.75, 3.05) is 6.61 Å². The molecule has 0 fully saturated rings. The van der Waals surface area contributed by atoms with Crippen molar-refractivity contribution >= 4 is 34.6 Å². The molecule has 0 spiro atoms. The molecule has 0 aliphatic rings. The first-order valence-corrected chi connectivity index (χ1v) is 11.1. The molecule has 1 aromatic heterocycles. The van der Waals surface area contributed by atoms with Gasteiger partial charge in [-0.15, -0.1) is 0 Å². The molecule has 0 bridgehead atoms. The monoisotopic (exact) mass is 475 g/mol. The van der Waals surface area contributed by atoms with Crippen molar-refractivity contribution in [2.45, 2.75) is 57.8 Å². The molecule has 11 heteroatoms. The number of aliphatic hydroxyl groups is 1. The number of aliphatic hydroxyl groups excluding tert-OH is 1. The summed E-state index contributed by atoms with van der Waals surface area (Å²) in [6, 6.07) is 2.99. The number of fused-ring (bicyclic) bond motifs is 1. The number of carboxylic acids is 1. The van der Waals surface area contributed by atoms with Gasteiger partial charge in [0, 0.05) is 23.5 Å². The minimum absolute atomic E-state index is 0.0225. The molecule has 0 aliphatic heterocycles. The van der Waals surface area contributed by atoms with Gasteiger partial charge in [-0.05, 0) is 30.9 Å². The van der Waals surface area contributed by atoms with Gasteiger partial charge in [-0.3, -0.25) is 19.2 Å². The Morgan fingerprint density at radius 3 is 2.21 bits per heavy atom. The predicted molar refractivity (Wildman–Crippen MR) is 126 cm³/mol. The van der Waals surface area contributed by atoms with E-state index in [0.717, 1.165) is 16.5 Å². The van der Waals surface area contributed by atoms with E-state index in [1.807, 2.05) is 38.1 Å². The van der Waals surface area contributed by atoms with E-state index in [4.69, 9.17) is 15.9 Å². The van der Waals surface area contributed by atoms with Gasteiger partial charge in [-0.25, -0.2) is 0 Å². The van der Waals surface area contributed by atoms with Crippen LogP contribution in [0.2, 0.25) is 0 Å². The van der Waals surface area contributed by atoms with E-state index in [1.165, 1.54) is 6.92 Å². The summed E-state index contributed by atoms with van der Waals surface area (Å²) in [5.74, 6) is -3.17. The van der Waals surface area contributed by atoms with Gasteiger partial charge in [0.05, 0.1) is 6.61 Å². The second-order valence-corrected chi connectivity index (χ2v) is 8.67. The van der Waals surface area contributed by atoms with Gasteiger partial charge in [0.25, 0.3) is 0 Å². The predicted octanol–water partition coefficient (Wildman–Crippen LogP) is -0.365. The Bertz CT molecular complexity index is 1020. The van der Waals surface area contributed by atoms with Crippen molar-refractivity contribution in [3.63, 3.8) is 0 Å². The number of nitrogens with one attached hydrogen (secondary N) is 4. The fraction of sp³-hybridized carbons (Fsp3) is 0.478. The van der Waals surface area contributed by atoms with Crippen molar-refractivity contribution in [2.24, 2.45) is 11.7 Å². The standard InChI is InChI=1S/C23H33N5O6/c1-12(2)8-18(27-20(30)16(24)11-29)22(32)28-19(21(31)26-13(3)23(33)34)9-14-10-25-17-7-5-4-6-15(14)17/h4-7,10,12-13,16,18-19,25,29H,8-9,11,24H2,1-3H3,(H,26,31)(H,27,30)(H,28,32)(H,33,34). The van der Waals surface area contributed by atoms with E-state index in [2.05, 4.69) is 20.9 Å². The number of carboxylic acid groups (broad SMARTS) is 1. The minimum Gasteiger partial charge on any atom is -0.480 e. The summed E-state index contributed by atoms with van der Waals surface area (Å²) >= 11 is 0. The van der Waals surface area contributed by atoms with Gasteiger partial charge in [0.15, 0.2) is 0 Å². The van der Waals surface area contributed by atoms with E-state index in [1.54, 1.807) is 6.20 Å². The smallest absolute Gasteiger partial charge is 0.325 e. The average Bonchev–Trinajstić information content (AvgIpc) is 3.19. The Morgan fingerprint density at radius 1 is 0.971 bits per heavy atom. The van der Waals surface area contributed by atoms with Crippen LogP contribution in [0, 0.1) is 5.92 Å². The van der Waals surface area contributed by atoms with Gasteiger partial charge in [0.2, 0.25) is 17.7 Å². The van der Waals surface area contributed by atoms with Crippen molar-refractivity contribution in [3.8, 4) is 0 Å². The lowest BCUT2D eigenvalue weighted by Crippen LogP contribution is -2.57. The van der Waals surface area contributed by atoms with Gasteiger partial charge >= 0.3 is 5.97 Å². The Kier molecular flexibility index (Phi) is 9.58. The van der Waals surface area contributed by atoms with Crippen LogP contribution in [-0.2, 0) is 25.6 Å². The fourth-order valence-electron chi connectivity index (χ4n) is 3.44. The summed E-state index contributed by atoms with van der Waals surface area (Å²) in [7, 11) is 0. The van der Waals surface area contributed by atoms with Crippen molar-refractivity contribution < 1.29 is 29.4 Å². The number of benzene rings is 1. The second kappa shape index (κ2) is 12.1. The number of carbonyl (C=O) groups excluding carboxylic acids is 3. The van der Waals surface area contributed by atoms with Crippen LogP contribution in [0.1, 0.15) is 32.8 Å². The van der Waals surface area contributed by atoms with Crippen LogP contribution in [0.25, 0.3) is 10.9 Å². The maximum absolute atomic E-state index is 13.1. The quantitative estimate of drug-likeness (QED) is 0.218. The van der Waals surface area contributed by atoms with Gasteiger partial charge in [-0.1, -0.05) is 32.0 Å². The molecule has 11 nitrogen and oxygen atoms in total. The zero-order chi connectivity index (χ0) is 25.4. The lowest BCUT2D eigenvalue weighted by molar-refractivity contribution is -0.141. The molecular weight excluding hydrogens is 442 g/mol. The van der Waals surface area contributed by atoms with Crippen LogP contribution in [0.3, 0.4) is 0 Å². The molecule has 186 valence electrons. The maximum Gasteiger partial charge on any atom is 0.325 e. The highest BCUT2D eigenvalue weighted by atomic mass is 16.4. The molecule has 4 atom stereocenters. The molecule has 0 aliphatic carbocycles. The third kappa shape index (κ3) is 7.29. The summed E-state index contributed by atoms with van der Waals surface area (Å²) < 4.78 is 0. The Hall–Kier alpha value is -3.44. The average molecular weight is 476 g/mol. The molecule has 0 saturated heterocycles. The van der Waals surface area contributed by atoms with E-state index in [9.17, 15) is 19.2 Å². The first-order chi connectivity index (χ1) is 16.0. The highest BCUT2D eigenvalue weighted by Crippen LogP contribution is 2.19. The van der Waals surface area contributed by atoms with Gasteiger partial charge < -0.3 is 36.9 Å². The summed E-state index contributed by atoms with van der Waals surface area (Å²) in [6.07, 6.45) is 2.08. The summed E-state index contributed by atoms with van der Waals surface area (Å²) in [4.78, 5) is 52.6. The van der Waals surface area contributed by atoms with Crippen LogP contribution in [-0.4, -0.2) is 69.7 Å². The number of aliphatic carboxylic acids is 1. The molecule has 2 rings (SSSR count). The normalized spacial score (nSPS) is 14.8. The topological polar surface area (TPSA) is 187 Å². The Labute approximate surface area is 197 Å². The molecule has 34 heavy (non-hydrogen) atoms. The minimum atomic E-state index is -1.21. The molecule has 2 aromatic rings. The summed E-state index contributed by atoms with van der Waals surface area (Å²) in [6.45, 7) is 4.47. The highest BCUT2D eigenvalue weighted by Gasteiger charge is 2.30. The number of hydrogen-bond donors (Lipinski definition) is 7. The molecule has 0 saturated carbocycles. The molecule has 4 unspecified atom stereocenters. The molecule has 1 aromatic carbocycles. The number of amides is 3. The second-order valence-electron chi connectivity index (χ2n) is 8.67. The summed E-state index contributed by atoms with van der Waals surface area (Å²) in [5, 5.41) is 26.7. The number of hydrogen-bond acceptors (Lipinski definition) is 6. The van der Waals surface area contributed by atoms with E-state index >= 15 is 0 Å². The van der Waals surface area contributed by atoms with Gasteiger partial charge in [-0.2, -0.15) is 0 Å². The molecule has 8 N–H and O–H groups in total. The number of para-hydroxylation sites is 1. The number of aromatic nitrogens is 1. The number of carbonyl (C=O) groups is 4. The summed E-state index contributed by atoms with van der Waals surface area (Å²) in [5.41, 5.74) is 7.16.